The Balaban J connectivity index is 1.82. The van der Waals surface area contributed by atoms with E-state index >= 15 is 0 Å². The molecule has 0 aliphatic carbocycles. The predicted octanol–water partition coefficient (Wildman–Crippen LogP) is 3.63. The van der Waals surface area contributed by atoms with Gasteiger partial charge in [0.1, 0.15) is 6.10 Å². The van der Waals surface area contributed by atoms with Crippen molar-refractivity contribution in [3.63, 3.8) is 0 Å². The number of nitro benzene ring substituents is 1. The molecule has 0 amide bonds. The van der Waals surface area contributed by atoms with Gasteiger partial charge in [-0.05, 0) is 24.1 Å². The van der Waals surface area contributed by atoms with Gasteiger partial charge in [0.25, 0.3) is 5.69 Å². The van der Waals surface area contributed by atoms with E-state index in [9.17, 15) is 10.1 Å². The molecule has 110 valence electrons. The molecule has 1 heterocycles. The first-order chi connectivity index (χ1) is 9.70. The third kappa shape index (κ3) is 4.02. The minimum absolute atomic E-state index is 0.0999. The molecule has 1 aliphatic rings. The summed E-state index contributed by atoms with van der Waals surface area (Å²) in [6.07, 6.45) is 4.73. The summed E-state index contributed by atoms with van der Waals surface area (Å²) >= 11 is 0. The molecule has 2 atom stereocenters. The Hall–Kier alpha value is -1.46. The van der Waals surface area contributed by atoms with Gasteiger partial charge in [0, 0.05) is 12.1 Å². The Morgan fingerprint density at radius 3 is 2.50 bits per heavy atom. The second-order valence-corrected chi connectivity index (χ2v) is 5.12. The van der Waals surface area contributed by atoms with Gasteiger partial charge in [-0.3, -0.25) is 10.1 Å². The molecule has 5 nitrogen and oxygen atoms in total. The van der Waals surface area contributed by atoms with Crippen LogP contribution in [0.1, 0.15) is 44.3 Å². The highest BCUT2D eigenvalue weighted by Crippen LogP contribution is 2.26. The number of ether oxygens (including phenoxy) is 2. The maximum atomic E-state index is 10.6. The van der Waals surface area contributed by atoms with Gasteiger partial charge in [-0.1, -0.05) is 26.2 Å². The summed E-state index contributed by atoms with van der Waals surface area (Å²) in [6.45, 7) is 3.31. The van der Waals surface area contributed by atoms with Gasteiger partial charge in [-0.25, -0.2) is 0 Å². The highest BCUT2D eigenvalue weighted by atomic mass is 16.6. The smallest absolute Gasteiger partial charge is 0.269 e. The van der Waals surface area contributed by atoms with Gasteiger partial charge < -0.3 is 9.47 Å². The van der Waals surface area contributed by atoms with Crippen molar-refractivity contribution in [1.29, 1.82) is 0 Å². The highest BCUT2D eigenvalue weighted by molar-refractivity contribution is 5.33. The Morgan fingerprint density at radius 1 is 1.20 bits per heavy atom. The number of nitrogens with zero attached hydrogens (tertiary/aromatic N) is 1. The maximum Gasteiger partial charge on any atom is 0.269 e. The van der Waals surface area contributed by atoms with Crippen LogP contribution in [-0.4, -0.2) is 24.2 Å². The summed E-state index contributed by atoms with van der Waals surface area (Å²) in [5.74, 6) is 0. The predicted molar refractivity (Wildman–Crippen MR) is 75.7 cm³/mol. The Bertz CT molecular complexity index is 424. The highest BCUT2D eigenvalue weighted by Gasteiger charge is 2.23. The van der Waals surface area contributed by atoms with Crippen molar-refractivity contribution in [1.82, 2.24) is 0 Å². The molecule has 1 saturated heterocycles. The molecule has 5 heteroatoms. The second kappa shape index (κ2) is 7.36. The summed E-state index contributed by atoms with van der Waals surface area (Å²) in [7, 11) is 0. The van der Waals surface area contributed by atoms with E-state index in [1.54, 1.807) is 12.1 Å². The largest absolute Gasteiger partial charge is 0.373 e. The monoisotopic (exact) mass is 279 g/mol. The van der Waals surface area contributed by atoms with E-state index in [4.69, 9.17) is 9.47 Å². The SMILES string of the molecule is CCCCC[C@@H]1CO[C@@H](c2ccc([N+](=O)[O-])cc2)CO1. The standard InChI is InChI=1S/C15H21NO4/c1-2-3-4-5-14-10-20-15(11-19-14)12-6-8-13(9-7-12)16(17)18/h6-9,14-15H,2-5,10-11H2,1H3/t14-,15-/m1/s1. The van der Waals surface area contributed by atoms with Gasteiger partial charge in [0.05, 0.1) is 24.2 Å². The molecular formula is C15H21NO4. The van der Waals surface area contributed by atoms with Crippen LogP contribution in [0, 0.1) is 10.1 Å². The maximum absolute atomic E-state index is 10.6. The van der Waals surface area contributed by atoms with Crippen LogP contribution in [-0.2, 0) is 9.47 Å². The molecule has 0 N–H and O–H groups in total. The van der Waals surface area contributed by atoms with Crippen LogP contribution in [0.25, 0.3) is 0 Å². The molecule has 0 bridgehead atoms. The number of rotatable bonds is 6. The molecular weight excluding hydrogens is 258 g/mol. The van der Waals surface area contributed by atoms with Crippen molar-refractivity contribution in [2.24, 2.45) is 0 Å². The van der Waals surface area contributed by atoms with E-state index in [0.29, 0.717) is 13.2 Å². The van der Waals surface area contributed by atoms with E-state index < -0.39 is 4.92 Å². The van der Waals surface area contributed by atoms with Crippen LogP contribution in [0.5, 0.6) is 0 Å². The fourth-order valence-corrected chi connectivity index (χ4v) is 2.33. The number of benzene rings is 1. The second-order valence-electron chi connectivity index (χ2n) is 5.12. The van der Waals surface area contributed by atoms with Crippen molar-refractivity contribution < 1.29 is 14.4 Å². The topological polar surface area (TPSA) is 61.6 Å². The van der Waals surface area contributed by atoms with Crippen molar-refractivity contribution in [3.05, 3.63) is 39.9 Å². The first-order valence-corrected chi connectivity index (χ1v) is 7.18. The van der Waals surface area contributed by atoms with Gasteiger partial charge in [0.15, 0.2) is 0 Å². The lowest BCUT2D eigenvalue weighted by Crippen LogP contribution is -2.31. The van der Waals surface area contributed by atoms with Crippen LogP contribution in [0.3, 0.4) is 0 Å². The summed E-state index contributed by atoms with van der Waals surface area (Å²) in [6, 6.07) is 6.49. The third-order valence-corrected chi connectivity index (χ3v) is 3.57. The van der Waals surface area contributed by atoms with Crippen LogP contribution in [0.15, 0.2) is 24.3 Å². The van der Waals surface area contributed by atoms with Gasteiger partial charge >= 0.3 is 0 Å². The quantitative estimate of drug-likeness (QED) is 0.453. The zero-order chi connectivity index (χ0) is 14.4. The van der Waals surface area contributed by atoms with Crippen LogP contribution < -0.4 is 0 Å². The fourth-order valence-electron chi connectivity index (χ4n) is 2.33. The van der Waals surface area contributed by atoms with E-state index in [2.05, 4.69) is 6.92 Å². The van der Waals surface area contributed by atoms with Crippen molar-refractivity contribution in [3.8, 4) is 0 Å². The summed E-state index contributed by atoms with van der Waals surface area (Å²) < 4.78 is 11.6. The molecule has 1 aliphatic heterocycles. The number of hydrogen-bond acceptors (Lipinski definition) is 4. The van der Waals surface area contributed by atoms with Crippen molar-refractivity contribution in [2.75, 3.05) is 13.2 Å². The normalized spacial score (nSPS) is 22.6. The number of hydrogen-bond donors (Lipinski definition) is 0. The Labute approximate surface area is 119 Å². The van der Waals surface area contributed by atoms with Crippen LogP contribution in [0.2, 0.25) is 0 Å². The lowest BCUT2D eigenvalue weighted by molar-refractivity contribution is -0.384. The minimum atomic E-state index is -0.397. The first kappa shape index (κ1) is 14.9. The summed E-state index contributed by atoms with van der Waals surface area (Å²) in [4.78, 5) is 10.2. The molecule has 1 aromatic carbocycles. The minimum Gasteiger partial charge on any atom is -0.373 e. The van der Waals surface area contributed by atoms with E-state index in [-0.39, 0.29) is 17.9 Å². The van der Waals surface area contributed by atoms with E-state index in [1.807, 2.05) is 0 Å². The zero-order valence-corrected chi connectivity index (χ0v) is 11.8. The molecule has 0 radical (unpaired) electrons. The lowest BCUT2D eigenvalue weighted by Gasteiger charge is -2.29. The molecule has 0 saturated carbocycles. The molecule has 1 fully saturated rings. The summed E-state index contributed by atoms with van der Waals surface area (Å²) in [5.41, 5.74) is 1.03. The van der Waals surface area contributed by atoms with Gasteiger partial charge in [-0.2, -0.15) is 0 Å². The molecule has 1 aromatic rings. The molecule has 0 unspecified atom stereocenters. The average Bonchev–Trinajstić information content (AvgIpc) is 2.48. The zero-order valence-electron chi connectivity index (χ0n) is 11.8. The average molecular weight is 279 g/mol. The molecule has 20 heavy (non-hydrogen) atoms. The fraction of sp³-hybridized carbons (Fsp3) is 0.600. The van der Waals surface area contributed by atoms with E-state index in [1.165, 1.54) is 31.4 Å². The molecule has 0 aromatic heterocycles. The number of nitro groups is 1. The first-order valence-electron chi connectivity index (χ1n) is 7.18. The third-order valence-electron chi connectivity index (χ3n) is 3.57. The molecule has 0 spiro atoms. The Kier molecular flexibility index (Phi) is 5.49. The lowest BCUT2D eigenvalue weighted by atomic mass is 10.1. The summed E-state index contributed by atoms with van der Waals surface area (Å²) in [5, 5.41) is 10.6. The Morgan fingerprint density at radius 2 is 1.95 bits per heavy atom. The van der Waals surface area contributed by atoms with E-state index in [0.717, 1.165) is 12.0 Å². The van der Waals surface area contributed by atoms with Crippen molar-refractivity contribution in [2.45, 2.75) is 44.8 Å². The molecule has 2 rings (SSSR count). The van der Waals surface area contributed by atoms with Crippen LogP contribution >= 0.6 is 0 Å². The van der Waals surface area contributed by atoms with Crippen LogP contribution in [0.4, 0.5) is 5.69 Å². The van der Waals surface area contributed by atoms with Gasteiger partial charge in [0.2, 0.25) is 0 Å². The van der Waals surface area contributed by atoms with Crippen molar-refractivity contribution >= 4 is 5.69 Å². The number of unbranched alkanes of at least 4 members (excludes halogenated alkanes) is 2. The van der Waals surface area contributed by atoms with Gasteiger partial charge in [-0.15, -0.1) is 0 Å². The number of non-ortho nitro benzene ring substituents is 1.